The maximum atomic E-state index is 13.0. The molecule has 0 aliphatic carbocycles. The summed E-state index contributed by atoms with van der Waals surface area (Å²) in [6.07, 6.45) is 0.135. The van der Waals surface area contributed by atoms with Crippen LogP contribution in [-0.2, 0) is 17.8 Å². The van der Waals surface area contributed by atoms with E-state index >= 15 is 0 Å². The maximum Gasteiger partial charge on any atom is 0.322 e. The number of rotatable bonds is 7. The lowest BCUT2D eigenvalue weighted by Gasteiger charge is -2.25. The number of carbonyl (C=O) groups excluding carboxylic acids is 2. The van der Waals surface area contributed by atoms with Crippen molar-refractivity contribution in [1.29, 1.82) is 0 Å². The first kappa shape index (κ1) is 22.0. The van der Waals surface area contributed by atoms with E-state index < -0.39 is 0 Å². The van der Waals surface area contributed by atoms with Crippen LogP contribution in [0.5, 0.6) is 0 Å². The van der Waals surface area contributed by atoms with Crippen molar-refractivity contribution < 1.29 is 14.0 Å². The molecular formula is C25H26FN3O2. The zero-order valence-electron chi connectivity index (χ0n) is 17.6. The first-order valence-corrected chi connectivity index (χ1v) is 10.2. The van der Waals surface area contributed by atoms with E-state index in [9.17, 15) is 14.0 Å². The fraction of sp³-hybridized carbons (Fsp3) is 0.200. The van der Waals surface area contributed by atoms with Crippen LogP contribution in [0.25, 0.3) is 0 Å². The smallest absolute Gasteiger partial charge is 0.322 e. The van der Waals surface area contributed by atoms with Crippen LogP contribution in [0.2, 0.25) is 0 Å². The average Bonchev–Trinajstić information content (AvgIpc) is 2.74. The third-order valence-electron chi connectivity index (χ3n) is 4.56. The summed E-state index contributed by atoms with van der Waals surface area (Å²) in [5.74, 6) is -0.575. The van der Waals surface area contributed by atoms with Gasteiger partial charge in [0.25, 0.3) is 0 Å². The van der Waals surface area contributed by atoms with Gasteiger partial charge in [0.05, 0.1) is 13.0 Å². The predicted octanol–water partition coefficient (Wildman–Crippen LogP) is 5.13. The quantitative estimate of drug-likeness (QED) is 0.558. The molecule has 0 radical (unpaired) electrons. The fourth-order valence-electron chi connectivity index (χ4n) is 3.13. The second-order valence-corrected chi connectivity index (χ2v) is 7.58. The van der Waals surface area contributed by atoms with Crippen molar-refractivity contribution in [1.82, 2.24) is 5.32 Å². The fourth-order valence-corrected chi connectivity index (χ4v) is 3.13. The van der Waals surface area contributed by atoms with Gasteiger partial charge in [-0.2, -0.15) is 0 Å². The number of amides is 3. The van der Waals surface area contributed by atoms with E-state index in [0.717, 1.165) is 11.1 Å². The summed E-state index contributed by atoms with van der Waals surface area (Å²) >= 11 is 0. The molecule has 0 aliphatic rings. The Morgan fingerprint density at radius 1 is 0.903 bits per heavy atom. The lowest BCUT2D eigenvalue weighted by molar-refractivity contribution is -0.115. The van der Waals surface area contributed by atoms with E-state index in [1.54, 1.807) is 4.90 Å². The van der Waals surface area contributed by atoms with Crippen LogP contribution in [0.1, 0.15) is 25.0 Å². The van der Waals surface area contributed by atoms with E-state index in [0.29, 0.717) is 17.9 Å². The predicted molar refractivity (Wildman–Crippen MR) is 121 cm³/mol. The molecule has 0 bridgehead atoms. The summed E-state index contributed by atoms with van der Waals surface area (Å²) in [6, 6.07) is 22.5. The van der Waals surface area contributed by atoms with Crippen LogP contribution >= 0.6 is 0 Å². The summed E-state index contributed by atoms with van der Waals surface area (Å²) in [5, 5.41) is 5.69. The molecule has 3 amide bonds. The van der Waals surface area contributed by atoms with Crippen molar-refractivity contribution in [3.05, 3.63) is 95.8 Å². The van der Waals surface area contributed by atoms with E-state index in [2.05, 4.69) is 10.6 Å². The molecule has 0 heterocycles. The molecule has 0 saturated heterocycles. The number of anilines is 2. The molecule has 3 aromatic carbocycles. The number of nitrogens with zero attached hydrogens (tertiary/aromatic N) is 1. The molecule has 0 aliphatic heterocycles. The van der Waals surface area contributed by atoms with Crippen molar-refractivity contribution in [3.8, 4) is 0 Å². The molecule has 6 heteroatoms. The van der Waals surface area contributed by atoms with Crippen molar-refractivity contribution in [3.63, 3.8) is 0 Å². The SMILES string of the molecule is CC(C)NC(=O)N(Cc1ccccc1)c1cccc(CC(=O)Nc2ccc(F)cc2)c1. The lowest BCUT2D eigenvalue weighted by atomic mass is 10.1. The summed E-state index contributed by atoms with van der Waals surface area (Å²) in [4.78, 5) is 26.9. The molecule has 160 valence electrons. The topological polar surface area (TPSA) is 61.4 Å². The van der Waals surface area contributed by atoms with Gasteiger partial charge >= 0.3 is 6.03 Å². The summed E-state index contributed by atoms with van der Waals surface area (Å²) in [5.41, 5.74) is 3.01. The molecule has 2 N–H and O–H groups in total. The lowest BCUT2D eigenvalue weighted by Crippen LogP contribution is -2.42. The number of nitrogens with one attached hydrogen (secondary N) is 2. The van der Waals surface area contributed by atoms with Crippen LogP contribution in [0, 0.1) is 5.82 Å². The molecule has 3 aromatic rings. The second kappa shape index (κ2) is 10.4. The molecule has 0 aromatic heterocycles. The van der Waals surface area contributed by atoms with E-state index in [1.807, 2.05) is 68.4 Å². The van der Waals surface area contributed by atoms with Crippen LogP contribution in [0.15, 0.2) is 78.9 Å². The second-order valence-electron chi connectivity index (χ2n) is 7.58. The number of halogens is 1. The molecule has 31 heavy (non-hydrogen) atoms. The highest BCUT2D eigenvalue weighted by Crippen LogP contribution is 2.20. The highest BCUT2D eigenvalue weighted by Gasteiger charge is 2.18. The Morgan fingerprint density at radius 2 is 1.58 bits per heavy atom. The van der Waals surface area contributed by atoms with E-state index in [4.69, 9.17) is 0 Å². The minimum Gasteiger partial charge on any atom is -0.336 e. The van der Waals surface area contributed by atoms with Crippen molar-refractivity contribution in [2.45, 2.75) is 32.9 Å². The third-order valence-corrected chi connectivity index (χ3v) is 4.56. The Morgan fingerprint density at radius 3 is 2.26 bits per heavy atom. The van der Waals surface area contributed by atoms with Gasteiger partial charge in [-0.25, -0.2) is 9.18 Å². The molecule has 0 spiro atoms. The van der Waals surface area contributed by atoms with Gasteiger partial charge in [-0.3, -0.25) is 9.69 Å². The Labute approximate surface area is 181 Å². The molecule has 0 saturated carbocycles. The minimum atomic E-state index is -0.358. The summed E-state index contributed by atoms with van der Waals surface area (Å²) in [7, 11) is 0. The first-order valence-electron chi connectivity index (χ1n) is 10.2. The number of hydrogen-bond acceptors (Lipinski definition) is 2. The van der Waals surface area contributed by atoms with Crippen molar-refractivity contribution in [2.75, 3.05) is 10.2 Å². The molecular weight excluding hydrogens is 393 g/mol. The standard InChI is InChI=1S/C25H26FN3O2/c1-18(2)27-25(31)29(17-19-7-4-3-5-8-19)23-10-6-9-20(15-23)16-24(30)28-22-13-11-21(26)12-14-22/h3-15,18H,16-17H2,1-2H3,(H,27,31)(H,28,30). The summed E-state index contributed by atoms with van der Waals surface area (Å²) in [6.45, 7) is 4.23. The van der Waals surface area contributed by atoms with Gasteiger partial charge in [-0.15, -0.1) is 0 Å². The van der Waals surface area contributed by atoms with Crippen molar-refractivity contribution >= 4 is 23.3 Å². The van der Waals surface area contributed by atoms with Gasteiger partial charge < -0.3 is 10.6 Å². The molecule has 0 unspecified atom stereocenters. The normalized spacial score (nSPS) is 10.6. The van der Waals surface area contributed by atoms with Gasteiger partial charge in [0.1, 0.15) is 5.82 Å². The first-order chi connectivity index (χ1) is 14.9. The highest BCUT2D eigenvalue weighted by atomic mass is 19.1. The minimum absolute atomic E-state index is 0.00422. The zero-order valence-corrected chi connectivity index (χ0v) is 17.6. The molecule has 0 fully saturated rings. The number of urea groups is 1. The molecule has 3 rings (SSSR count). The van der Waals surface area contributed by atoms with Gasteiger partial charge in [0, 0.05) is 17.4 Å². The van der Waals surface area contributed by atoms with Gasteiger partial charge in [0.15, 0.2) is 0 Å². The van der Waals surface area contributed by atoms with Crippen LogP contribution in [-0.4, -0.2) is 18.0 Å². The highest BCUT2D eigenvalue weighted by molar-refractivity contribution is 5.94. The summed E-state index contributed by atoms with van der Waals surface area (Å²) < 4.78 is 13.0. The Balaban J connectivity index is 1.77. The van der Waals surface area contributed by atoms with Gasteiger partial charge in [-0.1, -0.05) is 42.5 Å². The van der Waals surface area contributed by atoms with Crippen LogP contribution in [0.3, 0.4) is 0 Å². The van der Waals surface area contributed by atoms with Gasteiger partial charge in [0.2, 0.25) is 5.91 Å². The largest absolute Gasteiger partial charge is 0.336 e. The van der Waals surface area contributed by atoms with E-state index in [1.165, 1.54) is 24.3 Å². The van der Waals surface area contributed by atoms with E-state index in [-0.39, 0.29) is 30.2 Å². The number of benzene rings is 3. The monoisotopic (exact) mass is 419 g/mol. The number of hydrogen-bond donors (Lipinski definition) is 2. The van der Waals surface area contributed by atoms with Crippen LogP contribution < -0.4 is 15.5 Å². The maximum absolute atomic E-state index is 13.0. The Kier molecular flexibility index (Phi) is 7.38. The van der Waals surface area contributed by atoms with Crippen LogP contribution in [0.4, 0.5) is 20.6 Å². The van der Waals surface area contributed by atoms with Gasteiger partial charge in [-0.05, 0) is 61.4 Å². The Hall–Kier alpha value is -3.67. The molecule has 5 nitrogen and oxygen atoms in total. The zero-order chi connectivity index (χ0) is 22.2. The third kappa shape index (κ3) is 6.67. The Bertz CT molecular complexity index is 1020. The van der Waals surface area contributed by atoms with Crippen molar-refractivity contribution in [2.24, 2.45) is 0 Å². The molecule has 0 atom stereocenters. The average molecular weight is 420 g/mol. The number of carbonyl (C=O) groups is 2.